The number of nitrogens with zero attached hydrogens (tertiary/aromatic N) is 1. The zero-order valence-electron chi connectivity index (χ0n) is 23.3. The Morgan fingerprint density at radius 3 is 1.97 bits per heavy atom. The van der Waals surface area contributed by atoms with Gasteiger partial charge in [-0.15, -0.1) is 0 Å². The Labute approximate surface area is 214 Å². The lowest BCUT2D eigenvalue weighted by Gasteiger charge is -2.48. The molecule has 0 saturated carbocycles. The molecular formula is C31H48N2O2. The van der Waals surface area contributed by atoms with Crippen molar-refractivity contribution in [2.45, 2.75) is 103 Å². The lowest BCUT2D eigenvalue weighted by molar-refractivity contribution is -0.0850. The largest absolute Gasteiger partial charge is 0.490 e. The van der Waals surface area contributed by atoms with Gasteiger partial charge in [0.1, 0.15) is 11.9 Å². The quantitative estimate of drug-likeness (QED) is 0.516. The number of hydrogen-bond acceptors (Lipinski definition) is 4. The van der Waals surface area contributed by atoms with Gasteiger partial charge in [-0.1, -0.05) is 55.5 Å². The standard InChI is InChI=1S/C16H25NO.C15H23NO/c1-13-15(10-11-17(4)16(13,2)3)18-12-14-8-6-5-7-9-14;1-14(2)10-13(11-15(3,4)16-14)17-12-8-6-5-7-9-12/h5-9,13,15H,10-12H2,1-4H3;5-9,13,16H,10-11H2,1-4H3. The van der Waals surface area contributed by atoms with Gasteiger partial charge in [-0.25, -0.2) is 0 Å². The minimum atomic E-state index is 0.140. The molecule has 2 aromatic rings. The Hall–Kier alpha value is -1.88. The highest BCUT2D eigenvalue weighted by molar-refractivity contribution is 5.21. The fourth-order valence-electron chi connectivity index (χ4n) is 5.67. The molecule has 35 heavy (non-hydrogen) atoms. The van der Waals surface area contributed by atoms with Crippen molar-refractivity contribution >= 4 is 0 Å². The van der Waals surface area contributed by atoms with Crippen molar-refractivity contribution in [3.8, 4) is 5.75 Å². The molecule has 2 aromatic carbocycles. The van der Waals surface area contributed by atoms with Gasteiger partial charge in [-0.05, 0) is 72.7 Å². The lowest BCUT2D eigenvalue weighted by Crippen LogP contribution is -2.60. The number of likely N-dealkylation sites (tertiary alicyclic amines) is 1. The number of hydrogen-bond donors (Lipinski definition) is 1. The Morgan fingerprint density at radius 1 is 0.857 bits per heavy atom. The Balaban J connectivity index is 0.000000196. The van der Waals surface area contributed by atoms with E-state index in [-0.39, 0.29) is 16.6 Å². The number of rotatable bonds is 5. The van der Waals surface area contributed by atoms with Crippen LogP contribution >= 0.6 is 0 Å². The summed E-state index contributed by atoms with van der Waals surface area (Å²) in [5.41, 5.74) is 1.77. The van der Waals surface area contributed by atoms with Crippen molar-refractivity contribution in [3.05, 3.63) is 66.2 Å². The second kappa shape index (κ2) is 11.5. The average molecular weight is 481 g/mol. The Kier molecular flexibility index (Phi) is 9.06. The fraction of sp³-hybridized carbons (Fsp3) is 0.613. The summed E-state index contributed by atoms with van der Waals surface area (Å²) in [5.74, 6) is 1.53. The van der Waals surface area contributed by atoms with Gasteiger partial charge in [0.15, 0.2) is 0 Å². The second-order valence-corrected chi connectivity index (χ2v) is 12.3. The Bertz CT molecular complexity index is 879. The molecule has 4 nitrogen and oxygen atoms in total. The minimum absolute atomic E-state index is 0.140. The Morgan fingerprint density at radius 2 is 1.40 bits per heavy atom. The molecule has 2 heterocycles. The number of ether oxygens (including phenoxy) is 2. The molecule has 2 fully saturated rings. The lowest BCUT2D eigenvalue weighted by atomic mass is 9.79. The van der Waals surface area contributed by atoms with Gasteiger partial charge in [-0.3, -0.25) is 0 Å². The minimum Gasteiger partial charge on any atom is -0.490 e. The van der Waals surface area contributed by atoms with E-state index in [1.807, 2.05) is 36.4 Å². The van der Waals surface area contributed by atoms with E-state index >= 15 is 0 Å². The van der Waals surface area contributed by atoms with Crippen LogP contribution in [-0.2, 0) is 11.3 Å². The summed E-state index contributed by atoms with van der Waals surface area (Å²) in [6.45, 7) is 17.8. The maximum absolute atomic E-state index is 6.14. The van der Waals surface area contributed by atoms with Crippen molar-refractivity contribution in [2.75, 3.05) is 13.6 Å². The van der Waals surface area contributed by atoms with E-state index in [0.29, 0.717) is 18.1 Å². The summed E-state index contributed by atoms with van der Waals surface area (Å²) in [6, 6.07) is 20.6. The molecule has 2 aliphatic rings. The first-order valence-electron chi connectivity index (χ1n) is 13.3. The van der Waals surface area contributed by atoms with Crippen LogP contribution in [-0.4, -0.2) is 47.3 Å². The zero-order valence-corrected chi connectivity index (χ0v) is 23.3. The van der Waals surface area contributed by atoms with E-state index in [0.717, 1.165) is 38.2 Å². The average Bonchev–Trinajstić information content (AvgIpc) is 2.77. The number of piperidine rings is 2. The fourth-order valence-corrected chi connectivity index (χ4v) is 5.67. The molecule has 4 heteroatoms. The molecule has 0 bridgehead atoms. The second-order valence-electron chi connectivity index (χ2n) is 12.3. The smallest absolute Gasteiger partial charge is 0.119 e. The summed E-state index contributed by atoms with van der Waals surface area (Å²) < 4.78 is 12.2. The first kappa shape index (κ1) is 27.7. The molecule has 0 aliphatic carbocycles. The molecule has 0 spiro atoms. The normalized spacial score (nSPS) is 25.8. The highest BCUT2D eigenvalue weighted by atomic mass is 16.5. The van der Waals surface area contributed by atoms with Crippen LogP contribution in [0.25, 0.3) is 0 Å². The van der Waals surface area contributed by atoms with E-state index < -0.39 is 0 Å². The van der Waals surface area contributed by atoms with Gasteiger partial charge in [0.2, 0.25) is 0 Å². The maximum atomic E-state index is 6.14. The molecule has 0 radical (unpaired) electrons. The SMILES string of the molecule is CC1(C)CC(Oc2ccccc2)CC(C)(C)N1.CC1C(OCc2ccccc2)CCN(C)C1(C)C. The van der Waals surface area contributed by atoms with Crippen LogP contribution < -0.4 is 10.1 Å². The van der Waals surface area contributed by atoms with E-state index in [4.69, 9.17) is 9.47 Å². The van der Waals surface area contributed by atoms with Gasteiger partial charge in [0.05, 0.1) is 12.7 Å². The predicted octanol–water partition coefficient (Wildman–Crippen LogP) is 6.70. The van der Waals surface area contributed by atoms with Crippen LogP contribution in [0.1, 0.15) is 73.3 Å². The van der Waals surface area contributed by atoms with Crippen LogP contribution in [0.4, 0.5) is 0 Å². The molecule has 2 aliphatic heterocycles. The first-order valence-corrected chi connectivity index (χ1v) is 13.3. The summed E-state index contributed by atoms with van der Waals surface area (Å²) in [7, 11) is 2.21. The summed E-state index contributed by atoms with van der Waals surface area (Å²) in [5, 5.41) is 3.67. The van der Waals surface area contributed by atoms with Crippen LogP contribution in [0.3, 0.4) is 0 Å². The third-order valence-electron chi connectivity index (χ3n) is 7.91. The summed E-state index contributed by atoms with van der Waals surface area (Å²) in [4.78, 5) is 2.44. The van der Waals surface area contributed by atoms with E-state index in [9.17, 15) is 0 Å². The van der Waals surface area contributed by atoms with Crippen LogP contribution in [0, 0.1) is 5.92 Å². The number of benzene rings is 2. The van der Waals surface area contributed by atoms with Crippen molar-refractivity contribution < 1.29 is 9.47 Å². The van der Waals surface area contributed by atoms with Gasteiger partial charge in [0, 0.05) is 41.9 Å². The first-order chi connectivity index (χ1) is 16.4. The molecule has 0 amide bonds. The maximum Gasteiger partial charge on any atom is 0.119 e. The monoisotopic (exact) mass is 480 g/mol. The van der Waals surface area contributed by atoms with E-state index in [2.05, 4.69) is 90.0 Å². The van der Waals surface area contributed by atoms with Gasteiger partial charge >= 0.3 is 0 Å². The predicted molar refractivity (Wildman–Crippen MR) is 147 cm³/mol. The van der Waals surface area contributed by atoms with Crippen LogP contribution in [0.2, 0.25) is 0 Å². The number of nitrogens with one attached hydrogen (secondary N) is 1. The van der Waals surface area contributed by atoms with Crippen molar-refractivity contribution in [1.82, 2.24) is 10.2 Å². The van der Waals surface area contributed by atoms with Crippen molar-refractivity contribution in [1.29, 1.82) is 0 Å². The topological polar surface area (TPSA) is 33.7 Å². The van der Waals surface area contributed by atoms with Crippen LogP contribution in [0.5, 0.6) is 5.75 Å². The molecule has 0 aromatic heterocycles. The number of para-hydroxylation sites is 1. The third-order valence-corrected chi connectivity index (χ3v) is 7.91. The van der Waals surface area contributed by atoms with Crippen LogP contribution in [0.15, 0.2) is 60.7 Å². The molecule has 4 rings (SSSR count). The summed E-state index contributed by atoms with van der Waals surface area (Å²) in [6.07, 6.45) is 3.89. The van der Waals surface area contributed by atoms with Gasteiger partial charge in [-0.2, -0.15) is 0 Å². The zero-order chi connectivity index (χ0) is 25.7. The van der Waals surface area contributed by atoms with Gasteiger partial charge in [0.25, 0.3) is 0 Å². The highest BCUT2D eigenvalue weighted by Gasteiger charge is 2.40. The molecule has 2 atom stereocenters. The van der Waals surface area contributed by atoms with E-state index in [1.165, 1.54) is 5.56 Å². The highest BCUT2D eigenvalue weighted by Crippen LogP contribution is 2.34. The summed E-state index contributed by atoms with van der Waals surface area (Å²) >= 11 is 0. The van der Waals surface area contributed by atoms with Crippen molar-refractivity contribution in [2.24, 2.45) is 5.92 Å². The third kappa shape index (κ3) is 8.06. The molecule has 194 valence electrons. The molecule has 2 saturated heterocycles. The molecule has 2 unspecified atom stereocenters. The van der Waals surface area contributed by atoms with Crippen molar-refractivity contribution in [3.63, 3.8) is 0 Å². The molecular weight excluding hydrogens is 432 g/mol. The van der Waals surface area contributed by atoms with Gasteiger partial charge < -0.3 is 19.7 Å². The molecule has 1 N–H and O–H groups in total. The van der Waals surface area contributed by atoms with E-state index in [1.54, 1.807) is 0 Å².